The normalized spacial score (nSPS) is 11.2. The van der Waals surface area contributed by atoms with Gasteiger partial charge in [0.25, 0.3) is 0 Å². The summed E-state index contributed by atoms with van der Waals surface area (Å²) in [5, 5.41) is 20.8. The van der Waals surface area contributed by atoms with Crippen LogP contribution in [0.5, 0.6) is 11.5 Å². The third-order valence-corrected chi connectivity index (χ3v) is 4.11. The topological polar surface area (TPSA) is 110 Å². The van der Waals surface area contributed by atoms with Crippen LogP contribution in [0.4, 0.5) is 30.2 Å². The number of hydrogen-bond donors (Lipinski definition) is 4. The number of aromatic hydroxyl groups is 2. The lowest BCUT2D eigenvalue weighted by Gasteiger charge is -2.26. The highest BCUT2D eigenvalue weighted by atomic mass is 32.2. The summed E-state index contributed by atoms with van der Waals surface area (Å²) in [5.74, 6) is 0.434. The molecule has 0 heterocycles. The molecule has 0 unspecified atom stereocenters. The van der Waals surface area contributed by atoms with E-state index in [0.717, 1.165) is 17.1 Å². The van der Waals surface area contributed by atoms with E-state index in [1.54, 1.807) is 24.3 Å². The minimum absolute atomic E-state index is 0.217. The molecule has 4 N–H and O–H groups in total. The molecule has 0 aliphatic rings. The van der Waals surface area contributed by atoms with Crippen molar-refractivity contribution < 1.29 is 36.4 Å². The van der Waals surface area contributed by atoms with Crippen molar-refractivity contribution in [3.63, 3.8) is 0 Å². The van der Waals surface area contributed by atoms with Crippen molar-refractivity contribution in [1.82, 2.24) is 0 Å². The molecule has 3 rings (SSSR count). The maximum absolute atomic E-state index is 10.7. The molecular weight excluding hydrogens is 425 g/mol. The Morgan fingerprint density at radius 1 is 0.733 bits per heavy atom. The number of hydrazine groups is 1. The van der Waals surface area contributed by atoms with Gasteiger partial charge in [0.1, 0.15) is 11.5 Å². The van der Waals surface area contributed by atoms with Gasteiger partial charge < -0.3 is 10.2 Å². The molecule has 0 aliphatic carbocycles. The van der Waals surface area contributed by atoms with Crippen LogP contribution < -0.4 is 10.4 Å². The summed E-state index contributed by atoms with van der Waals surface area (Å²) in [6.07, 6.45) is 0. The van der Waals surface area contributed by atoms with E-state index in [1.807, 2.05) is 59.6 Å². The fourth-order valence-corrected chi connectivity index (χ4v) is 2.12. The Balaban J connectivity index is 0.000000343. The first kappa shape index (κ1) is 22.8. The zero-order chi connectivity index (χ0) is 22.4. The molecular formula is C19H17F3N2O5S. The molecule has 3 aromatic carbocycles. The number of alkyl halides is 3. The second kappa shape index (κ2) is 9.37. The molecule has 0 aliphatic heterocycles. The first-order valence-electron chi connectivity index (χ1n) is 8.21. The van der Waals surface area contributed by atoms with Crippen molar-refractivity contribution in [1.29, 1.82) is 0 Å². The Labute approximate surface area is 170 Å². The van der Waals surface area contributed by atoms with Gasteiger partial charge in [0.15, 0.2) is 0 Å². The lowest BCUT2D eigenvalue weighted by atomic mass is 10.2. The average Bonchev–Trinajstić information content (AvgIpc) is 2.68. The molecule has 30 heavy (non-hydrogen) atoms. The predicted molar refractivity (Wildman–Crippen MR) is 106 cm³/mol. The van der Waals surface area contributed by atoms with E-state index < -0.39 is 15.6 Å². The van der Waals surface area contributed by atoms with E-state index in [0.29, 0.717) is 0 Å². The van der Waals surface area contributed by atoms with E-state index in [4.69, 9.17) is 13.0 Å². The zero-order valence-corrected chi connectivity index (χ0v) is 16.0. The molecule has 0 saturated heterocycles. The van der Waals surface area contributed by atoms with Crippen LogP contribution in [0.25, 0.3) is 0 Å². The SMILES string of the molecule is O=S(=O)(O)C(F)(F)F.Oc1ccc(N(Nc2ccccc2)c2ccc(O)cc2)cc1. The number of anilines is 3. The Hall–Kier alpha value is -3.44. The predicted octanol–water partition coefficient (Wildman–Crippen LogP) is 4.66. The van der Waals surface area contributed by atoms with E-state index in [9.17, 15) is 23.4 Å². The van der Waals surface area contributed by atoms with Crippen LogP contribution in [-0.2, 0) is 10.1 Å². The van der Waals surface area contributed by atoms with Crippen LogP contribution in [0, 0.1) is 0 Å². The first-order valence-corrected chi connectivity index (χ1v) is 9.65. The molecule has 3 aromatic rings. The third kappa shape index (κ3) is 6.57. The van der Waals surface area contributed by atoms with E-state index >= 15 is 0 Å². The summed E-state index contributed by atoms with van der Waals surface area (Å²) in [5.41, 5.74) is 0.456. The third-order valence-electron chi connectivity index (χ3n) is 3.52. The number of rotatable bonds is 4. The Morgan fingerprint density at radius 2 is 1.10 bits per heavy atom. The van der Waals surface area contributed by atoms with Crippen LogP contribution in [0.1, 0.15) is 0 Å². The molecule has 11 heteroatoms. The molecule has 160 valence electrons. The summed E-state index contributed by atoms with van der Waals surface area (Å²) in [7, 11) is -5.84. The zero-order valence-electron chi connectivity index (χ0n) is 15.2. The number of halogens is 3. The summed E-state index contributed by atoms with van der Waals surface area (Å²) in [4.78, 5) is 0. The molecule has 0 spiro atoms. The Bertz CT molecular complexity index is 997. The second-order valence-electron chi connectivity index (χ2n) is 5.77. The Morgan fingerprint density at radius 3 is 1.43 bits per heavy atom. The fraction of sp³-hybridized carbons (Fsp3) is 0.0526. The van der Waals surface area contributed by atoms with Crippen molar-refractivity contribution in [2.24, 2.45) is 0 Å². The van der Waals surface area contributed by atoms with Crippen LogP contribution in [0.2, 0.25) is 0 Å². The molecule has 0 radical (unpaired) electrons. The summed E-state index contributed by atoms with van der Waals surface area (Å²) in [6, 6.07) is 23.6. The summed E-state index contributed by atoms with van der Waals surface area (Å²) in [6.45, 7) is 0. The van der Waals surface area contributed by atoms with Gasteiger partial charge in [0.2, 0.25) is 0 Å². The van der Waals surface area contributed by atoms with Crippen molar-refractivity contribution >= 4 is 27.2 Å². The van der Waals surface area contributed by atoms with Crippen LogP contribution in [0.15, 0.2) is 78.9 Å². The number of benzene rings is 3. The van der Waals surface area contributed by atoms with Gasteiger partial charge in [-0.15, -0.1) is 0 Å². The molecule has 0 saturated carbocycles. The lowest BCUT2D eigenvalue weighted by Crippen LogP contribution is -2.24. The second-order valence-corrected chi connectivity index (χ2v) is 7.18. The van der Waals surface area contributed by atoms with Gasteiger partial charge in [-0.1, -0.05) is 18.2 Å². The summed E-state index contributed by atoms with van der Waals surface area (Å²) >= 11 is 0. The smallest absolute Gasteiger partial charge is 0.508 e. The van der Waals surface area contributed by atoms with Crippen molar-refractivity contribution in [2.75, 3.05) is 10.4 Å². The highest BCUT2D eigenvalue weighted by molar-refractivity contribution is 7.86. The van der Waals surface area contributed by atoms with Gasteiger partial charge >= 0.3 is 15.6 Å². The molecule has 0 atom stereocenters. The number of nitrogens with zero attached hydrogens (tertiary/aromatic N) is 1. The van der Waals surface area contributed by atoms with Gasteiger partial charge in [-0.05, 0) is 60.7 Å². The van der Waals surface area contributed by atoms with Crippen molar-refractivity contribution in [3.8, 4) is 11.5 Å². The number of phenols is 2. The molecule has 0 amide bonds. The van der Waals surface area contributed by atoms with Crippen LogP contribution in [0.3, 0.4) is 0 Å². The van der Waals surface area contributed by atoms with E-state index in [1.165, 1.54) is 0 Å². The van der Waals surface area contributed by atoms with E-state index in [-0.39, 0.29) is 11.5 Å². The fourth-order valence-electron chi connectivity index (χ4n) is 2.12. The molecule has 0 bridgehead atoms. The van der Waals surface area contributed by atoms with Gasteiger partial charge in [0, 0.05) is 0 Å². The number of nitrogens with one attached hydrogen (secondary N) is 1. The monoisotopic (exact) mass is 442 g/mol. The average molecular weight is 442 g/mol. The highest BCUT2D eigenvalue weighted by Gasteiger charge is 2.44. The Kier molecular flexibility index (Phi) is 7.14. The van der Waals surface area contributed by atoms with Crippen LogP contribution >= 0.6 is 0 Å². The molecule has 0 fully saturated rings. The minimum atomic E-state index is -5.84. The first-order chi connectivity index (χ1) is 14.0. The van der Waals surface area contributed by atoms with Gasteiger partial charge in [0.05, 0.1) is 17.1 Å². The molecule has 7 nitrogen and oxygen atoms in total. The minimum Gasteiger partial charge on any atom is -0.508 e. The quantitative estimate of drug-likeness (QED) is 0.264. The van der Waals surface area contributed by atoms with Crippen LogP contribution in [-0.4, -0.2) is 28.7 Å². The van der Waals surface area contributed by atoms with Gasteiger partial charge in [-0.25, -0.2) is 0 Å². The number of phenolic OH excluding ortho intramolecular Hbond substituents is 2. The van der Waals surface area contributed by atoms with Crippen molar-refractivity contribution in [2.45, 2.75) is 5.51 Å². The number of para-hydroxylation sites is 1. The molecule has 0 aromatic heterocycles. The standard InChI is InChI=1S/C18H16N2O2.CHF3O3S/c21-17-10-6-15(7-11-17)20(16-8-12-18(22)13-9-16)19-14-4-2-1-3-5-14;2-1(3,4)8(5,6)7/h1-13,19,21-22H;(H,5,6,7). The largest absolute Gasteiger partial charge is 0.522 e. The number of hydrogen-bond acceptors (Lipinski definition) is 6. The lowest BCUT2D eigenvalue weighted by molar-refractivity contribution is -0.0510. The van der Waals surface area contributed by atoms with Crippen molar-refractivity contribution in [3.05, 3.63) is 78.9 Å². The van der Waals surface area contributed by atoms with Gasteiger partial charge in [-0.2, -0.15) is 21.6 Å². The van der Waals surface area contributed by atoms with Gasteiger partial charge in [-0.3, -0.25) is 15.0 Å². The summed E-state index contributed by atoms with van der Waals surface area (Å²) < 4.78 is 57.5. The maximum Gasteiger partial charge on any atom is 0.522 e. The highest BCUT2D eigenvalue weighted by Crippen LogP contribution is 2.28. The maximum atomic E-state index is 10.7. The van der Waals surface area contributed by atoms with E-state index in [2.05, 4.69) is 5.43 Å².